The van der Waals surface area contributed by atoms with Gasteiger partial charge in [0.25, 0.3) is 0 Å². The first kappa shape index (κ1) is 14.2. The molecule has 0 aliphatic heterocycles. The molecule has 1 amide bonds. The Hall–Kier alpha value is -1.85. The summed E-state index contributed by atoms with van der Waals surface area (Å²) in [7, 11) is 1.83. The number of carbonyl (C=O) groups is 1. The SMILES string of the molecule is CCc1nc(NC)cc(NCCCCC(N)=O)n1. The van der Waals surface area contributed by atoms with E-state index in [4.69, 9.17) is 5.73 Å². The van der Waals surface area contributed by atoms with E-state index < -0.39 is 0 Å². The lowest BCUT2D eigenvalue weighted by molar-refractivity contribution is -0.118. The minimum Gasteiger partial charge on any atom is -0.373 e. The zero-order valence-corrected chi connectivity index (χ0v) is 11.0. The summed E-state index contributed by atoms with van der Waals surface area (Å²) in [6.07, 6.45) is 2.93. The van der Waals surface area contributed by atoms with Crippen molar-refractivity contribution in [2.45, 2.75) is 32.6 Å². The number of anilines is 2. The maximum absolute atomic E-state index is 10.6. The van der Waals surface area contributed by atoms with Gasteiger partial charge in [0.05, 0.1) is 0 Å². The predicted molar refractivity (Wildman–Crippen MR) is 72.5 cm³/mol. The third kappa shape index (κ3) is 4.99. The van der Waals surface area contributed by atoms with Crippen molar-refractivity contribution in [2.24, 2.45) is 5.73 Å². The summed E-state index contributed by atoms with van der Waals surface area (Å²) in [6.45, 7) is 2.79. The minimum atomic E-state index is -0.247. The van der Waals surface area contributed by atoms with Crippen LogP contribution in [0.2, 0.25) is 0 Å². The fourth-order valence-electron chi connectivity index (χ4n) is 1.51. The van der Waals surface area contributed by atoms with E-state index in [1.807, 2.05) is 20.0 Å². The number of hydrogen-bond acceptors (Lipinski definition) is 5. The van der Waals surface area contributed by atoms with Crippen LogP contribution in [0.25, 0.3) is 0 Å². The van der Waals surface area contributed by atoms with E-state index in [0.717, 1.165) is 43.3 Å². The minimum absolute atomic E-state index is 0.247. The lowest BCUT2D eigenvalue weighted by Crippen LogP contribution is -2.11. The van der Waals surface area contributed by atoms with Gasteiger partial charge in [-0.05, 0) is 12.8 Å². The molecule has 0 atom stereocenters. The highest BCUT2D eigenvalue weighted by Gasteiger charge is 2.02. The topological polar surface area (TPSA) is 92.9 Å². The zero-order valence-electron chi connectivity index (χ0n) is 11.0. The van der Waals surface area contributed by atoms with Gasteiger partial charge in [0, 0.05) is 32.5 Å². The number of hydrogen-bond donors (Lipinski definition) is 3. The standard InChI is InChI=1S/C12H21N5O/c1-3-10-16-11(14-2)8-12(17-10)15-7-5-4-6-9(13)18/h8H,3-7H2,1-2H3,(H2,13,18)(H2,14,15,16,17). The molecule has 4 N–H and O–H groups in total. The van der Waals surface area contributed by atoms with E-state index in [2.05, 4.69) is 20.6 Å². The number of nitrogens with zero attached hydrogens (tertiary/aromatic N) is 2. The molecule has 0 saturated heterocycles. The molecule has 0 unspecified atom stereocenters. The number of nitrogens with one attached hydrogen (secondary N) is 2. The van der Waals surface area contributed by atoms with Crippen LogP contribution in [0.15, 0.2) is 6.07 Å². The summed E-state index contributed by atoms with van der Waals surface area (Å²) in [5.41, 5.74) is 5.07. The molecule has 0 aliphatic rings. The van der Waals surface area contributed by atoms with Crippen molar-refractivity contribution in [1.82, 2.24) is 9.97 Å². The molecule has 6 heteroatoms. The molecule has 1 heterocycles. The van der Waals surface area contributed by atoms with Gasteiger partial charge in [-0.1, -0.05) is 6.92 Å². The van der Waals surface area contributed by atoms with Crippen LogP contribution in [0.3, 0.4) is 0 Å². The molecule has 0 fully saturated rings. The average Bonchev–Trinajstić information content (AvgIpc) is 2.37. The highest BCUT2D eigenvalue weighted by atomic mass is 16.1. The fourth-order valence-corrected chi connectivity index (χ4v) is 1.51. The molecular formula is C12H21N5O. The summed E-state index contributed by atoms with van der Waals surface area (Å²) < 4.78 is 0. The van der Waals surface area contributed by atoms with Gasteiger partial charge in [-0.25, -0.2) is 9.97 Å². The second kappa shape index (κ2) is 7.47. The van der Waals surface area contributed by atoms with Gasteiger partial charge < -0.3 is 16.4 Å². The van der Waals surface area contributed by atoms with Crippen LogP contribution in [0.1, 0.15) is 32.0 Å². The molecule has 18 heavy (non-hydrogen) atoms. The molecule has 0 bridgehead atoms. The Morgan fingerprint density at radius 1 is 1.33 bits per heavy atom. The smallest absolute Gasteiger partial charge is 0.217 e. The largest absolute Gasteiger partial charge is 0.373 e. The zero-order chi connectivity index (χ0) is 13.4. The lowest BCUT2D eigenvalue weighted by atomic mass is 10.2. The third-order valence-electron chi connectivity index (χ3n) is 2.50. The number of aryl methyl sites for hydroxylation is 1. The Morgan fingerprint density at radius 2 is 2.06 bits per heavy atom. The Bertz CT molecular complexity index is 372. The summed E-state index contributed by atoms with van der Waals surface area (Å²) in [5, 5.41) is 6.23. The first-order valence-corrected chi connectivity index (χ1v) is 6.23. The molecule has 1 aromatic heterocycles. The van der Waals surface area contributed by atoms with Gasteiger partial charge >= 0.3 is 0 Å². The number of nitrogens with two attached hydrogens (primary N) is 1. The van der Waals surface area contributed by atoms with Crippen LogP contribution >= 0.6 is 0 Å². The average molecular weight is 251 g/mol. The Morgan fingerprint density at radius 3 is 2.67 bits per heavy atom. The van der Waals surface area contributed by atoms with E-state index >= 15 is 0 Å². The Balaban J connectivity index is 2.43. The second-order valence-corrected chi connectivity index (χ2v) is 4.01. The number of amides is 1. The van der Waals surface area contributed by atoms with E-state index in [0.29, 0.717) is 6.42 Å². The van der Waals surface area contributed by atoms with Gasteiger partial charge in [-0.2, -0.15) is 0 Å². The number of primary amides is 1. The molecule has 0 aromatic carbocycles. The third-order valence-corrected chi connectivity index (χ3v) is 2.50. The van der Waals surface area contributed by atoms with Crippen LogP contribution in [0.5, 0.6) is 0 Å². The van der Waals surface area contributed by atoms with Crippen molar-refractivity contribution in [2.75, 3.05) is 24.2 Å². The Labute approximate surface area is 107 Å². The number of rotatable bonds is 8. The normalized spacial score (nSPS) is 10.1. The first-order chi connectivity index (χ1) is 8.65. The van der Waals surface area contributed by atoms with Crippen molar-refractivity contribution < 1.29 is 4.79 Å². The highest BCUT2D eigenvalue weighted by Crippen LogP contribution is 2.11. The highest BCUT2D eigenvalue weighted by molar-refractivity contribution is 5.73. The van der Waals surface area contributed by atoms with Crippen molar-refractivity contribution in [3.05, 3.63) is 11.9 Å². The summed E-state index contributed by atoms with van der Waals surface area (Å²) in [5.74, 6) is 2.18. The van der Waals surface area contributed by atoms with Crippen molar-refractivity contribution in [3.63, 3.8) is 0 Å². The summed E-state index contributed by atoms with van der Waals surface area (Å²) >= 11 is 0. The molecule has 100 valence electrons. The monoisotopic (exact) mass is 251 g/mol. The maximum Gasteiger partial charge on any atom is 0.217 e. The molecule has 1 rings (SSSR count). The van der Waals surface area contributed by atoms with Gasteiger partial charge in [0.2, 0.25) is 5.91 Å². The van der Waals surface area contributed by atoms with Crippen molar-refractivity contribution in [3.8, 4) is 0 Å². The van der Waals surface area contributed by atoms with E-state index in [1.54, 1.807) is 0 Å². The number of carbonyl (C=O) groups excluding carboxylic acids is 1. The second-order valence-electron chi connectivity index (χ2n) is 4.01. The first-order valence-electron chi connectivity index (χ1n) is 6.23. The molecule has 0 radical (unpaired) electrons. The molecule has 0 aliphatic carbocycles. The molecule has 6 nitrogen and oxygen atoms in total. The molecule has 1 aromatic rings. The van der Waals surface area contributed by atoms with Gasteiger partial charge in [-0.3, -0.25) is 4.79 Å². The van der Waals surface area contributed by atoms with Crippen LogP contribution < -0.4 is 16.4 Å². The van der Waals surface area contributed by atoms with Crippen LogP contribution in [-0.2, 0) is 11.2 Å². The number of unbranched alkanes of at least 4 members (excludes halogenated alkanes) is 1. The lowest BCUT2D eigenvalue weighted by Gasteiger charge is -2.08. The molecular weight excluding hydrogens is 230 g/mol. The molecule has 0 saturated carbocycles. The molecule has 0 spiro atoms. The van der Waals surface area contributed by atoms with Gasteiger partial charge in [-0.15, -0.1) is 0 Å². The Kier molecular flexibility index (Phi) is 5.90. The van der Waals surface area contributed by atoms with Gasteiger partial charge in [0.1, 0.15) is 17.5 Å². The summed E-state index contributed by atoms with van der Waals surface area (Å²) in [6, 6.07) is 1.87. The fraction of sp³-hybridized carbons (Fsp3) is 0.583. The number of aromatic nitrogens is 2. The van der Waals surface area contributed by atoms with Gasteiger partial charge in [0.15, 0.2) is 0 Å². The maximum atomic E-state index is 10.6. The van der Waals surface area contributed by atoms with E-state index in [1.165, 1.54) is 0 Å². The van der Waals surface area contributed by atoms with Crippen LogP contribution in [0.4, 0.5) is 11.6 Å². The van der Waals surface area contributed by atoms with Crippen LogP contribution in [-0.4, -0.2) is 29.5 Å². The van der Waals surface area contributed by atoms with Crippen molar-refractivity contribution >= 4 is 17.5 Å². The van der Waals surface area contributed by atoms with Crippen LogP contribution in [0, 0.1) is 0 Å². The van der Waals surface area contributed by atoms with E-state index in [9.17, 15) is 4.79 Å². The summed E-state index contributed by atoms with van der Waals surface area (Å²) in [4.78, 5) is 19.3. The quantitative estimate of drug-likeness (QED) is 0.603. The van der Waals surface area contributed by atoms with Crippen molar-refractivity contribution in [1.29, 1.82) is 0 Å². The predicted octanol–water partition coefficient (Wildman–Crippen LogP) is 1.15. The van der Waals surface area contributed by atoms with E-state index in [-0.39, 0.29) is 5.91 Å².